The summed E-state index contributed by atoms with van der Waals surface area (Å²) in [6, 6.07) is 5.81. The van der Waals surface area contributed by atoms with Gasteiger partial charge in [0.2, 0.25) is 5.91 Å². The Morgan fingerprint density at radius 1 is 1.21 bits per heavy atom. The highest BCUT2D eigenvalue weighted by Crippen LogP contribution is 2.37. The zero-order valence-corrected chi connectivity index (χ0v) is 17.7. The maximum atomic E-state index is 13.4. The number of likely N-dealkylation sites (N-methyl/N-ethyl adjacent to an activating group) is 1. The van der Waals surface area contributed by atoms with Crippen molar-refractivity contribution in [3.05, 3.63) is 23.8 Å². The van der Waals surface area contributed by atoms with E-state index in [1.807, 2.05) is 18.2 Å². The van der Waals surface area contributed by atoms with Gasteiger partial charge in [0, 0.05) is 24.1 Å². The second-order valence-corrected chi connectivity index (χ2v) is 7.87. The molecule has 2 N–H and O–H groups in total. The number of carbonyl (C=O) groups excluding carboxylic acids is 1. The van der Waals surface area contributed by atoms with Gasteiger partial charge in [-0.2, -0.15) is 0 Å². The van der Waals surface area contributed by atoms with Gasteiger partial charge in [0.1, 0.15) is 17.5 Å². The van der Waals surface area contributed by atoms with Crippen LogP contribution in [0.5, 0.6) is 11.5 Å². The molecule has 7 nitrogen and oxygen atoms in total. The van der Waals surface area contributed by atoms with Crippen LogP contribution in [0, 0.1) is 5.92 Å². The molecule has 1 aromatic carbocycles. The fourth-order valence-corrected chi connectivity index (χ4v) is 4.44. The van der Waals surface area contributed by atoms with Crippen LogP contribution in [-0.2, 0) is 4.79 Å². The van der Waals surface area contributed by atoms with Crippen LogP contribution in [0.25, 0.3) is 0 Å². The first-order chi connectivity index (χ1) is 13.5. The molecular formula is C21H34N4O3. The van der Waals surface area contributed by atoms with Gasteiger partial charge in [0.15, 0.2) is 0 Å². The summed E-state index contributed by atoms with van der Waals surface area (Å²) in [5.41, 5.74) is 7.59. The smallest absolute Gasteiger partial charge is 0.241 e. The van der Waals surface area contributed by atoms with E-state index in [-0.39, 0.29) is 23.9 Å². The van der Waals surface area contributed by atoms with E-state index in [1.54, 1.807) is 14.2 Å². The number of benzene rings is 1. The van der Waals surface area contributed by atoms with E-state index in [0.29, 0.717) is 6.04 Å². The first kappa shape index (κ1) is 20.9. The van der Waals surface area contributed by atoms with Crippen molar-refractivity contribution in [2.24, 2.45) is 5.92 Å². The average molecular weight is 391 g/mol. The van der Waals surface area contributed by atoms with Crippen molar-refractivity contribution in [3.8, 4) is 11.5 Å². The monoisotopic (exact) mass is 390 g/mol. The number of rotatable bonds is 6. The van der Waals surface area contributed by atoms with Crippen LogP contribution in [0.1, 0.15) is 38.3 Å². The molecule has 3 rings (SSSR count). The van der Waals surface area contributed by atoms with Gasteiger partial charge in [-0.15, -0.1) is 0 Å². The number of hydrazine groups is 1. The lowest BCUT2D eigenvalue weighted by Gasteiger charge is -2.38. The third kappa shape index (κ3) is 4.11. The molecule has 0 radical (unpaired) electrons. The number of nitrogens with one attached hydrogen (secondary N) is 2. The zero-order chi connectivity index (χ0) is 20.3. The van der Waals surface area contributed by atoms with Crippen LogP contribution < -0.4 is 20.3 Å². The van der Waals surface area contributed by atoms with E-state index in [2.05, 4.69) is 41.5 Å². The van der Waals surface area contributed by atoms with Crippen LogP contribution in [0.2, 0.25) is 0 Å². The maximum absolute atomic E-state index is 13.4. The van der Waals surface area contributed by atoms with E-state index in [4.69, 9.17) is 9.47 Å². The SMILES string of the molecule is CCN(C(=O)C1NNC(c2cc(OC)ccc2OC)C1C)C1CCN(C)CC1. The van der Waals surface area contributed by atoms with E-state index >= 15 is 0 Å². The van der Waals surface area contributed by atoms with Crippen molar-refractivity contribution in [2.75, 3.05) is 40.9 Å². The van der Waals surface area contributed by atoms with Crippen LogP contribution >= 0.6 is 0 Å². The summed E-state index contributed by atoms with van der Waals surface area (Å²) in [4.78, 5) is 17.8. The standard InChI is InChI=1S/C21H34N4O3/c1-6-25(15-9-11-24(3)12-10-15)21(26)20-14(2)19(22-23-20)17-13-16(27-4)7-8-18(17)28-5/h7-8,13-15,19-20,22-23H,6,9-12H2,1-5H3. The highest BCUT2D eigenvalue weighted by molar-refractivity contribution is 5.83. The first-order valence-corrected chi connectivity index (χ1v) is 10.2. The third-order valence-electron chi connectivity index (χ3n) is 6.24. The highest BCUT2D eigenvalue weighted by atomic mass is 16.5. The molecule has 156 valence electrons. The van der Waals surface area contributed by atoms with Gasteiger partial charge in [0.25, 0.3) is 0 Å². The Morgan fingerprint density at radius 3 is 2.54 bits per heavy atom. The molecule has 0 saturated carbocycles. The number of ether oxygens (including phenoxy) is 2. The summed E-state index contributed by atoms with van der Waals surface area (Å²) in [6.07, 6.45) is 2.08. The molecule has 1 amide bonds. The molecule has 1 aromatic rings. The van der Waals surface area contributed by atoms with Crippen LogP contribution in [0.15, 0.2) is 18.2 Å². The number of nitrogens with zero attached hydrogens (tertiary/aromatic N) is 2. The summed E-state index contributed by atoms with van der Waals surface area (Å²) in [5.74, 6) is 1.83. The maximum Gasteiger partial charge on any atom is 0.241 e. The third-order valence-corrected chi connectivity index (χ3v) is 6.24. The molecule has 2 aliphatic heterocycles. The van der Waals surface area contributed by atoms with Gasteiger partial charge in [-0.25, -0.2) is 10.9 Å². The Bertz CT molecular complexity index is 676. The number of likely N-dealkylation sites (tertiary alicyclic amines) is 1. The predicted molar refractivity (Wildman–Crippen MR) is 109 cm³/mol. The minimum atomic E-state index is -0.263. The van der Waals surface area contributed by atoms with E-state index in [9.17, 15) is 4.79 Å². The largest absolute Gasteiger partial charge is 0.497 e. The van der Waals surface area contributed by atoms with Crippen LogP contribution in [0.4, 0.5) is 0 Å². The van der Waals surface area contributed by atoms with Gasteiger partial charge in [-0.05, 0) is 58.1 Å². The van der Waals surface area contributed by atoms with E-state index in [1.165, 1.54) is 0 Å². The molecule has 0 spiro atoms. The van der Waals surface area contributed by atoms with Crippen LogP contribution in [-0.4, -0.2) is 68.7 Å². The Morgan fingerprint density at radius 2 is 1.93 bits per heavy atom. The van der Waals surface area contributed by atoms with Gasteiger partial charge in [0.05, 0.1) is 20.3 Å². The van der Waals surface area contributed by atoms with Crippen molar-refractivity contribution >= 4 is 5.91 Å². The molecule has 2 saturated heterocycles. The molecule has 0 aromatic heterocycles. The number of hydrogen-bond acceptors (Lipinski definition) is 6. The van der Waals surface area contributed by atoms with Crippen molar-refractivity contribution in [3.63, 3.8) is 0 Å². The Labute approximate surface area is 168 Å². The topological polar surface area (TPSA) is 66.1 Å². The Balaban J connectivity index is 1.76. The molecule has 28 heavy (non-hydrogen) atoms. The van der Waals surface area contributed by atoms with Crippen LogP contribution in [0.3, 0.4) is 0 Å². The Kier molecular flexibility index (Phi) is 6.80. The molecule has 2 aliphatic rings. The number of carbonyl (C=O) groups is 1. The molecule has 2 heterocycles. The molecule has 0 bridgehead atoms. The summed E-state index contributed by atoms with van der Waals surface area (Å²) in [5, 5.41) is 0. The lowest BCUT2D eigenvalue weighted by Crippen LogP contribution is -2.53. The number of piperidine rings is 1. The normalized spacial score (nSPS) is 26.2. The van der Waals surface area contributed by atoms with Gasteiger partial charge >= 0.3 is 0 Å². The molecular weight excluding hydrogens is 356 g/mol. The average Bonchev–Trinajstić information content (AvgIpc) is 3.10. The molecule has 2 fully saturated rings. The minimum Gasteiger partial charge on any atom is -0.497 e. The van der Waals surface area contributed by atoms with Crippen molar-refractivity contribution < 1.29 is 14.3 Å². The van der Waals surface area contributed by atoms with Gasteiger partial charge in [-0.1, -0.05) is 6.92 Å². The quantitative estimate of drug-likeness (QED) is 0.772. The summed E-state index contributed by atoms with van der Waals surface area (Å²) in [7, 11) is 5.47. The second kappa shape index (κ2) is 9.11. The zero-order valence-electron chi connectivity index (χ0n) is 17.7. The van der Waals surface area contributed by atoms with Gasteiger partial charge in [-0.3, -0.25) is 4.79 Å². The number of amides is 1. The van der Waals surface area contributed by atoms with Crippen molar-refractivity contribution in [2.45, 2.75) is 44.8 Å². The molecule has 3 unspecified atom stereocenters. The highest BCUT2D eigenvalue weighted by Gasteiger charge is 2.42. The van der Waals surface area contributed by atoms with Crippen molar-refractivity contribution in [1.29, 1.82) is 0 Å². The summed E-state index contributed by atoms with van der Waals surface area (Å²) < 4.78 is 10.9. The first-order valence-electron chi connectivity index (χ1n) is 10.2. The summed E-state index contributed by atoms with van der Waals surface area (Å²) >= 11 is 0. The minimum absolute atomic E-state index is 0.0322. The predicted octanol–water partition coefficient (Wildman–Crippen LogP) is 1.80. The van der Waals surface area contributed by atoms with E-state index in [0.717, 1.165) is 49.5 Å². The fraction of sp³-hybridized carbons (Fsp3) is 0.667. The van der Waals surface area contributed by atoms with Crippen molar-refractivity contribution in [1.82, 2.24) is 20.7 Å². The molecule has 7 heteroatoms. The second-order valence-electron chi connectivity index (χ2n) is 7.87. The lowest BCUT2D eigenvalue weighted by atomic mass is 9.89. The van der Waals surface area contributed by atoms with Gasteiger partial charge < -0.3 is 19.3 Å². The number of methoxy groups -OCH3 is 2. The Hall–Kier alpha value is -1.83. The number of hydrogen-bond donors (Lipinski definition) is 2. The summed E-state index contributed by atoms with van der Waals surface area (Å²) in [6.45, 7) is 7.02. The molecule has 0 aliphatic carbocycles. The lowest BCUT2D eigenvalue weighted by molar-refractivity contribution is -0.137. The molecule has 3 atom stereocenters. The fourth-order valence-electron chi connectivity index (χ4n) is 4.44. The van der Waals surface area contributed by atoms with E-state index < -0.39 is 0 Å².